The fraction of sp³-hybridized carbons (Fsp3) is 0. The minimum atomic E-state index is 0.270. The predicted molar refractivity (Wildman–Crippen MR) is 108 cm³/mol. The number of halogens is 4. The van der Waals surface area contributed by atoms with Crippen LogP contribution in [0.15, 0.2) is 48.5 Å². The Morgan fingerprint density at radius 2 is 1.04 bits per heavy atom. The molecule has 0 radical (unpaired) electrons. The zero-order valence-electron chi connectivity index (χ0n) is 13.1. The van der Waals surface area contributed by atoms with E-state index in [2.05, 4.69) is 0 Å². The molecule has 3 aromatic rings. The van der Waals surface area contributed by atoms with Crippen molar-refractivity contribution < 1.29 is 9.47 Å². The Balaban J connectivity index is 1.88. The van der Waals surface area contributed by atoms with Gasteiger partial charge in [0.05, 0.1) is 11.4 Å². The molecule has 0 aromatic heterocycles. The standard InChI is InChI=1S/C18H12Cl4N2O2/c19-9-4-13(23)17(21)15(6-9)25-11-2-1-3-12(8-11)26-16-7-10(20)5-14(24)18(16)22/h1-8H,23-24H2. The van der Waals surface area contributed by atoms with Crippen LogP contribution in [0.25, 0.3) is 0 Å². The second-order valence-corrected chi connectivity index (χ2v) is 6.92. The summed E-state index contributed by atoms with van der Waals surface area (Å²) in [4.78, 5) is 0. The highest BCUT2D eigenvalue weighted by Gasteiger charge is 2.11. The van der Waals surface area contributed by atoms with Crippen LogP contribution in [0.3, 0.4) is 0 Å². The summed E-state index contributed by atoms with van der Waals surface area (Å²) in [6.07, 6.45) is 0. The van der Waals surface area contributed by atoms with Gasteiger partial charge >= 0.3 is 0 Å². The maximum atomic E-state index is 6.15. The molecule has 3 rings (SSSR count). The van der Waals surface area contributed by atoms with Crippen LogP contribution in [-0.2, 0) is 0 Å². The number of hydrogen-bond acceptors (Lipinski definition) is 4. The summed E-state index contributed by atoms with van der Waals surface area (Å²) < 4.78 is 11.5. The molecular weight excluding hydrogens is 418 g/mol. The zero-order valence-corrected chi connectivity index (χ0v) is 16.1. The summed E-state index contributed by atoms with van der Waals surface area (Å²) in [5, 5.41) is 1.36. The number of ether oxygens (including phenoxy) is 2. The Bertz CT molecular complexity index is 905. The Morgan fingerprint density at radius 1 is 0.615 bits per heavy atom. The van der Waals surface area contributed by atoms with Crippen LogP contribution in [0.2, 0.25) is 20.1 Å². The van der Waals surface area contributed by atoms with E-state index in [9.17, 15) is 0 Å². The Labute approximate surface area is 170 Å². The molecule has 0 amide bonds. The predicted octanol–water partition coefficient (Wildman–Crippen LogP) is 7.05. The van der Waals surface area contributed by atoms with Gasteiger partial charge in [0, 0.05) is 28.2 Å². The van der Waals surface area contributed by atoms with Crippen LogP contribution in [0, 0.1) is 0 Å². The summed E-state index contributed by atoms with van der Waals surface area (Å²) in [6, 6.07) is 13.1. The van der Waals surface area contributed by atoms with Crippen molar-refractivity contribution >= 4 is 57.8 Å². The van der Waals surface area contributed by atoms with Crippen LogP contribution in [0.5, 0.6) is 23.0 Å². The number of rotatable bonds is 4. The molecule has 0 heterocycles. The first-order chi connectivity index (χ1) is 12.3. The first-order valence-corrected chi connectivity index (χ1v) is 8.79. The van der Waals surface area contributed by atoms with Crippen molar-refractivity contribution in [3.8, 4) is 23.0 Å². The van der Waals surface area contributed by atoms with Crippen molar-refractivity contribution in [3.05, 3.63) is 68.6 Å². The van der Waals surface area contributed by atoms with Gasteiger partial charge in [0.1, 0.15) is 33.0 Å². The van der Waals surface area contributed by atoms with E-state index in [1.807, 2.05) is 0 Å². The Hall–Kier alpha value is -1.98. The molecule has 4 N–H and O–H groups in total. The van der Waals surface area contributed by atoms with Crippen molar-refractivity contribution in [3.63, 3.8) is 0 Å². The SMILES string of the molecule is Nc1cc(Cl)cc(Oc2cccc(Oc3cc(Cl)cc(N)c3Cl)c2)c1Cl. The highest BCUT2D eigenvalue weighted by molar-refractivity contribution is 6.37. The normalized spacial score (nSPS) is 10.6. The summed E-state index contributed by atoms with van der Waals surface area (Å²) in [5.74, 6) is 1.60. The molecule has 0 saturated heterocycles. The minimum Gasteiger partial charge on any atom is -0.456 e. The van der Waals surface area contributed by atoms with Crippen molar-refractivity contribution in [2.24, 2.45) is 0 Å². The summed E-state index contributed by atoms with van der Waals surface area (Å²) in [6.45, 7) is 0. The number of nitrogens with two attached hydrogens (primary N) is 2. The zero-order chi connectivity index (χ0) is 18.8. The molecule has 0 fully saturated rings. The van der Waals surface area contributed by atoms with Gasteiger partial charge in [-0.3, -0.25) is 0 Å². The maximum Gasteiger partial charge on any atom is 0.149 e. The Kier molecular flexibility index (Phi) is 5.58. The number of hydrogen-bond donors (Lipinski definition) is 2. The third-order valence-corrected chi connectivity index (χ3v) is 4.57. The van der Waals surface area contributed by atoms with E-state index in [0.717, 1.165) is 0 Å². The molecule has 0 unspecified atom stereocenters. The molecule has 0 atom stereocenters. The van der Waals surface area contributed by atoms with Crippen molar-refractivity contribution in [1.82, 2.24) is 0 Å². The first-order valence-electron chi connectivity index (χ1n) is 7.28. The fourth-order valence-corrected chi connectivity index (χ4v) is 2.90. The molecule has 3 aromatic carbocycles. The minimum absolute atomic E-state index is 0.270. The molecule has 0 bridgehead atoms. The van der Waals surface area contributed by atoms with Gasteiger partial charge in [0.15, 0.2) is 0 Å². The van der Waals surface area contributed by atoms with Crippen LogP contribution < -0.4 is 20.9 Å². The van der Waals surface area contributed by atoms with Gasteiger partial charge in [-0.1, -0.05) is 52.5 Å². The lowest BCUT2D eigenvalue weighted by atomic mass is 10.3. The molecular formula is C18H12Cl4N2O2. The second-order valence-electron chi connectivity index (χ2n) is 5.29. The number of nitrogen functional groups attached to an aromatic ring is 2. The van der Waals surface area contributed by atoms with Crippen LogP contribution in [0.1, 0.15) is 0 Å². The summed E-state index contributed by atoms with van der Waals surface area (Å²) in [5.41, 5.74) is 12.2. The average molecular weight is 430 g/mol. The second kappa shape index (κ2) is 7.72. The highest BCUT2D eigenvalue weighted by Crippen LogP contribution is 2.39. The lowest BCUT2D eigenvalue weighted by Crippen LogP contribution is -1.93. The third kappa shape index (κ3) is 4.22. The van der Waals surface area contributed by atoms with Crippen molar-refractivity contribution in [2.45, 2.75) is 0 Å². The third-order valence-electron chi connectivity index (χ3n) is 3.33. The van der Waals surface area contributed by atoms with Gasteiger partial charge in [-0.05, 0) is 24.3 Å². The number of benzene rings is 3. The smallest absolute Gasteiger partial charge is 0.149 e. The van der Waals surface area contributed by atoms with Gasteiger partial charge in [-0.25, -0.2) is 0 Å². The number of anilines is 2. The van der Waals surface area contributed by atoms with Gasteiger partial charge in [-0.15, -0.1) is 0 Å². The molecule has 8 heteroatoms. The van der Waals surface area contributed by atoms with Gasteiger partial charge in [-0.2, -0.15) is 0 Å². The fourth-order valence-electron chi connectivity index (χ4n) is 2.17. The van der Waals surface area contributed by atoms with E-state index in [1.54, 1.807) is 48.5 Å². The van der Waals surface area contributed by atoms with E-state index >= 15 is 0 Å². The molecule has 4 nitrogen and oxygen atoms in total. The molecule has 0 saturated carbocycles. The van der Waals surface area contributed by atoms with Gasteiger partial charge in [0.2, 0.25) is 0 Å². The largest absolute Gasteiger partial charge is 0.456 e. The van der Waals surface area contributed by atoms with Gasteiger partial charge < -0.3 is 20.9 Å². The van der Waals surface area contributed by atoms with E-state index < -0.39 is 0 Å². The van der Waals surface area contributed by atoms with E-state index in [1.165, 1.54) is 0 Å². The summed E-state index contributed by atoms with van der Waals surface area (Å²) in [7, 11) is 0. The lowest BCUT2D eigenvalue weighted by molar-refractivity contribution is 0.461. The van der Waals surface area contributed by atoms with E-state index in [4.69, 9.17) is 67.3 Å². The first kappa shape index (κ1) is 18.8. The molecule has 0 aliphatic heterocycles. The van der Waals surface area contributed by atoms with Gasteiger partial charge in [0.25, 0.3) is 0 Å². The molecule has 134 valence electrons. The maximum absolute atomic E-state index is 6.15. The summed E-state index contributed by atoms with van der Waals surface area (Å²) >= 11 is 24.3. The topological polar surface area (TPSA) is 70.5 Å². The van der Waals surface area contributed by atoms with Crippen LogP contribution in [0.4, 0.5) is 11.4 Å². The van der Waals surface area contributed by atoms with Crippen LogP contribution in [-0.4, -0.2) is 0 Å². The quantitative estimate of drug-likeness (QED) is 0.436. The van der Waals surface area contributed by atoms with Crippen molar-refractivity contribution in [1.29, 1.82) is 0 Å². The molecule has 0 aliphatic rings. The molecule has 0 spiro atoms. The molecule has 0 aliphatic carbocycles. The highest BCUT2D eigenvalue weighted by atomic mass is 35.5. The van der Waals surface area contributed by atoms with E-state index in [-0.39, 0.29) is 10.0 Å². The van der Waals surface area contributed by atoms with E-state index in [0.29, 0.717) is 44.4 Å². The molecule has 26 heavy (non-hydrogen) atoms. The monoisotopic (exact) mass is 428 g/mol. The lowest BCUT2D eigenvalue weighted by Gasteiger charge is -2.13. The van der Waals surface area contributed by atoms with Crippen LogP contribution >= 0.6 is 46.4 Å². The van der Waals surface area contributed by atoms with Crippen molar-refractivity contribution in [2.75, 3.05) is 11.5 Å². The average Bonchev–Trinajstić information content (AvgIpc) is 2.57. The Morgan fingerprint density at radius 3 is 1.46 bits per heavy atom.